The predicted octanol–water partition coefficient (Wildman–Crippen LogP) is 2.58. The number of β-amino-alcohol motifs (C(OH)–C–C–N with tert-alkyl or cyclic N) is 1. The third-order valence-electron chi connectivity index (χ3n) is 4.40. The maximum Gasteiger partial charge on any atom is 0.344 e. The monoisotopic (exact) mass is 391 g/mol. The predicted molar refractivity (Wildman–Crippen MR) is 98.6 cm³/mol. The van der Waals surface area contributed by atoms with E-state index in [0.29, 0.717) is 21.8 Å². The Labute approximate surface area is 153 Å². The minimum Gasteiger partial charge on any atom is -0.389 e. The first-order valence-electron chi connectivity index (χ1n) is 8.14. The molecule has 1 atom stereocenters. The second-order valence-corrected chi connectivity index (χ2v) is 7.81. The number of aromatic nitrogens is 1. The number of benzene rings is 2. The van der Waals surface area contributed by atoms with Crippen LogP contribution >= 0.6 is 0 Å². The van der Waals surface area contributed by atoms with Crippen molar-refractivity contribution in [2.45, 2.75) is 12.6 Å². The van der Waals surface area contributed by atoms with E-state index in [9.17, 15) is 22.3 Å². The lowest BCUT2D eigenvalue weighted by Crippen LogP contribution is -2.35. The van der Waals surface area contributed by atoms with Crippen molar-refractivity contribution < 1.29 is 22.3 Å². The second kappa shape index (κ2) is 6.43. The molecule has 140 valence electrons. The molecule has 0 bridgehead atoms. The van der Waals surface area contributed by atoms with Crippen LogP contribution in [0.4, 0.5) is 8.78 Å². The van der Waals surface area contributed by atoms with Crippen molar-refractivity contribution in [2.24, 2.45) is 4.40 Å². The molecule has 0 radical (unpaired) electrons. The number of rotatable bonds is 4. The van der Waals surface area contributed by atoms with Gasteiger partial charge in [-0.2, -0.15) is 12.8 Å². The van der Waals surface area contributed by atoms with Crippen LogP contribution in [0.2, 0.25) is 0 Å². The Hall–Kier alpha value is -2.78. The van der Waals surface area contributed by atoms with Crippen molar-refractivity contribution in [2.75, 3.05) is 6.54 Å². The number of aliphatic hydroxyl groups excluding tert-OH is 1. The molecule has 2 aromatic carbocycles. The first-order valence-corrected chi connectivity index (χ1v) is 9.54. The number of allylic oxidation sites excluding steroid dienone is 1. The van der Waals surface area contributed by atoms with Crippen molar-refractivity contribution in [3.8, 4) is 0 Å². The highest BCUT2D eigenvalue weighted by Gasteiger charge is 2.23. The molecule has 0 saturated carbocycles. The molecule has 1 aliphatic rings. The minimum absolute atomic E-state index is 0.0425. The summed E-state index contributed by atoms with van der Waals surface area (Å²) in [6.45, 7) is -0.152. The summed E-state index contributed by atoms with van der Waals surface area (Å²) in [5.41, 5.74) is 1.23. The fourth-order valence-corrected chi connectivity index (χ4v) is 4.19. The van der Waals surface area contributed by atoms with Gasteiger partial charge in [-0.05, 0) is 42.5 Å². The standard InChI is InChI=1S/C18H15F2N3O3S/c19-12-2-4-17-15(8-12)16-9-13(20)3-5-18(16)23(17)11-14(24)10-22-7-1-6-21-27(22,25)26/h1-9,14,24H,10-11H2. The molecule has 0 saturated heterocycles. The first-order chi connectivity index (χ1) is 12.8. The molecule has 1 N–H and O–H groups in total. The average Bonchev–Trinajstić information content (AvgIpc) is 2.89. The average molecular weight is 391 g/mol. The number of halogens is 2. The van der Waals surface area contributed by atoms with Gasteiger partial charge in [-0.25, -0.2) is 8.78 Å². The third-order valence-corrected chi connectivity index (χ3v) is 5.65. The van der Waals surface area contributed by atoms with E-state index in [2.05, 4.69) is 4.40 Å². The number of nitrogens with zero attached hydrogens (tertiary/aromatic N) is 3. The molecule has 4 rings (SSSR count). The number of hydrogen-bond donors (Lipinski definition) is 1. The van der Waals surface area contributed by atoms with Crippen molar-refractivity contribution in [1.29, 1.82) is 0 Å². The number of fused-ring (bicyclic) bond motifs is 3. The topological polar surface area (TPSA) is 74.9 Å². The summed E-state index contributed by atoms with van der Waals surface area (Å²) in [6.07, 6.45) is 2.88. The van der Waals surface area contributed by atoms with Crippen LogP contribution in [-0.4, -0.2) is 41.3 Å². The van der Waals surface area contributed by atoms with Crippen LogP contribution in [-0.2, 0) is 16.8 Å². The van der Waals surface area contributed by atoms with Crippen LogP contribution in [0.3, 0.4) is 0 Å². The largest absolute Gasteiger partial charge is 0.389 e. The lowest BCUT2D eigenvalue weighted by Gasteiger charge is -2.23. The Kier molecular flexibility index (Phi) is 4.20. The number of hydrogen-bond acceptors (Lipinski definition) is 3. The molecule has 27 heavy (non-hydrogen) atoms. The zero-order valence-electron chi connectivity index (χ0n) is 14.0. The van der Waals surface area contributed by atoms with Gasteiger partial charge in [-0.1, -0.05) is 0 Å². The summed E-state index contributed by atoms with van der Waals surface area (Å²) in [5, 5.41) is 11.5. The maximum absolute atomic E-state index is 13.7. The van der Waals surface area contributed by atoms with Gasteiger partial charge in [0.15, 0.2) is 0 Å². The summed E-state index contributed by atoms with van der Waals surface area (Å²) in [6, 6.07) is 8.30. The van der Waals surface area contributed by atoms with E-state index in [1.165, 1.54) is 36.5 Å². The highest BCUT2D eigenvalue weighted by atomic mass is 32.2. The molecule has 0 amide bonds. The van der Waals surface area contributed by atoms with Crippen molar-refractivity contribution in [1.82, 2.24) is 8.87 Å². The van der Waals surface area contributed by atoms with Crippen LogP contribution in [0.25, 0.3) is 21.8 Å². The van der Waals surface area contributed by atoms with Gasteiger partial charge in [0.25, 0.3) is 0 Å². The zero-order chi connectivity index (χ0) is 19.2. The molecule has 0 aliphatic carbocycles. The lowest BCUT2D eigenvalue weighted by molar-refractivity contribution is 0.140. The van der Waals surface area contributed by atoms with Gasteiger partial charge in [-0.3, -0.25) is 4.31 Å². The number of aliphatic hydroxyl groups is 1. The molecule has 1 unspecified atom stereocenters. The molecule has 2 heterocycles. The minimum atomic E-state index is -3.85. The molecule has 1 aliphatic heterocycles. The molecule has 3 aromatic rings. The summed E-state index contributed by atoms with van der Waals surface area (Å²) in [4.78, 5) is 0. The van der Waals surface area contributed by atoms with Crippen LogP contribution in [0.5, 0.6) is 0 Å². The van der Waals surface area contributed by atoms with Crippen LogP contribution < -0.4 is 0 Å². The second-order valence-electron chi connectivity index (χ2n) is 6.23. The summed E-state index contributed by atoms with van der Waals surface area (Å²) in [5.74, 6) is -0.900. The molecule has 0 spiro atoms. The molecular weight excluding hydrogens is 376 g/mol. The normalized spacial score (nSPS) is 17.1. The van der Waals surface area contributed by atoms with Crippen LogP contribution in [0.1, 0.15) is 0 Å². The van der Waals surface area contributed by atoms with Gasteiger partial charge in [0, 0.05) is 34.2 Å². The quantitative estimate of drug-likeness (QED) is 0.743. The molecule has 1 aromatic heterocycles. The Morgan fingerprint density at radius 3 is 2.15 bits per heavy atom. The van der Waals surface area contributed by atoms with Crippen molar-refractivity contribution in [3.63, 3.8) is 0 Å². The van der Waals surface area contributed by atoms with Crippen LogP contribution in [0, 0.1) is 11.6 Å². The smallest absolute Gasteiger partial charge is 0.344 e. The highest BCUT2D eigenvalue weighted by Crippen LogP contribution is 2.30. The van der Waals surface area contributed by atoms with Gasteiger partial charge in [0.05, 0.1) is 19.2 Å². The summed E-state index contributed by atoms with van der Waals surface area (Å²) >= 11 is 0. The SMILES string of the molecule is O=S1(=O)N=CC=CN1CC(O)Cn1c2ccc(F)cc2c2cc(F)ccc21. The van der Waals surface area contributed by atoms with Crippen LogP contribution in [0.15, 0.2) is 53.1 Å². The van der Waals surface area contributed by atoms with Crippen molar-refractivity contribution >= 4 is 38.2 Å². The van der Waals surface area contributed by atoms with E-state index in [1.54, 1.807) is 16.7 Å². The van der Waals surface area contributed by atoms with E-state index < -0.39 is 27.9 Å². The molecule has 0 fully saturated rings. The lowest BCUT2D eigenvalue weighted by atomic mass is 10.1. The molecule has 9 heteroatoms. The first kappa shape index (κ1) is 17.6. The van der Waals surface area contributed by atoms with E-state index in [4.69, 9.17) is 0 Å². The summed E-state index contributed by atoms with van der Waals surface area (Å²) < 4.78 is 57.2. The van der Waals surface area contributed by atoms with Gasteiger partial charge >= 0.3 is 10.2 Å². The fourth-order valence-electron chi connectivity index (χ4n) is 3.26. The Morgan fingerprint density at radius 2 is 1.59 bits per heavy atom. The van der Waals surface area contributed by atoms with Gasteiger partial charge < -0.3 is 9.67 Å². The van der Waals surface area contributed by atoms with Gasteiger partial charge in [0.2, 0.25) is 0 Å². The van der Waals surface area contributed by atoms with E-state index in [0.717, 1.165) is 10.5 Å². The fraction of sp³-hybridized carbons (Fsp3) is 0.167. The van der Waals surface area contributed by atoms with E-state index >= 15 is 0 Å². The van der Waals surface area contributed by atoms with Gasteiger partial charge in [0.1, 0.15) is 11.6 Å². The van der Waals surface area contributed by atoms with E-state index in [1.807, 2.05) is 0 Å². The third kappa shape index (κ3) is 3.19. The Morgan fingerprint density at radius 1 is 1.00 bits per heavy atom. The highest BCUT2D eigenvalue weighted by molar-refractivity contribution is 7.88. The summed E-state index contributed by atoms with van der Waals surface area (Å²) in [7, 11) is -3.85. The maximum atomic E-state index is 13.7. The molecular formula is C18H15F2N3O3S. The Balaban J connectivity index is 1.72. The zero-order valence-corrected chi connectivity index (χ0v) is 14.8. The van der Waals surface area contributed by atoms with Crippen molar-refractivity contribution in [3.05, 3.63) is 60.3 Å². The van der Waals surface area contributed by atoms with Gasteiger partial charge in [-0.15, -0.1) is 0 Å². The Bertz CT molecular complexity index is 1140. The van der Waals surface area contributed by atoms with E-state index in [-0.39, 0.29) is 13.1 Å². The molecule has 6 nitrogen and oxygen atoms in total.